The minimum atomic E-state index is -0.116. The van der Waals surface area contributed by atoms with Crippen molar-refractivity contribution in [2.24, 2.45) is 7.05 Å². The van der Waals surface area contributed by atoms with Gasteiger partial charge in [-0.1, -0.05) is 30.3 Å². The first-order valence-corrected chi connectivity index (χ1v) is 10.7. The number of amides is 1. The highest BCUT2D eigenvalue weighted by molar-refractivity contribution is 5.97. The number of para-hydroxylation sites is 2. The number of benzene rings is 2. The van der Waals surface area contributed by atoms with Crippen molar-refractivity contribution in [3.05, 3.63) is 76.5 Å². The SMILES string of the molecule is CC(C)n1c(C2CCCN(C(=O)c3ccccc3Oc3ccccc3)C2)nn(C)c1=O. The number of nitrogens with zero attached hydrogens (tertiary/aromatic N) is 4. The predicted molar refractivity (Wildman–Crippen MR) is 119 cm³/mol. The molecule has 1 aliphatic heterocycles. The fourth-order valence-corrected chi connectivity index (χ4v) is 4.15. The molecule has 1 amide bonds. The van der Waals surface area contributed by atoms with Crippen LogP contribution in [0.4, 0.5) is 0 Å². The van der Waals surface area contributed by atoms with Crippen LogP contribution in [-0.2, 0) is 7.05 Å². The number of carbonyl (C=O) groups is 1. The number of rotatable bonds is 5. The van der Waals surface area contributed by atoms with E-state index in [1.807, 2.05) is 67.3 Å². The molecule has 0 radical (unpaired) electrons. The van der Waals surface area contributed by atoms with Gasteiger partial charge in [0.25, 0.3) is 5.91 Å². The van der Waals surface area contributed by atoms with Gasteiger partial charge in [0.15, 0.2) is 0 Å². The predicted octanol–water partition coefficient (Wildman–Crippen LogP) is 3.97. The molecule has 2 aromatic carbocycles. The Balaban J connectivity index is 1.58. The molecule has 162 valence electrons. The summed E-state index contributed by atoms with van der Waals surface area (Å²) >= 11 is 0. The van der Waals surface area contributed by atoms with E-state index in [1.165, 1.54) is 4.68 Å². The van der Waals surface area contributed by atoms with Crippen molar-refractivity contribution >= 4 is 5.91 Å². The second kappa shape index (κ2) is 8.79. The molecule has 3 aromatic rings. The van der Waals surface area contributed by atoms with Gasteiger partial charge >= 0.3 is 5.69 Å². The lowest BCUT2D eigenvalue weighted by molar-refractivity contribution is 0.0700. The average Bonchev–Trinajstić information content (AvgIpc) is 3.09. The third kappa shape index (κ3) is 4.26. The van der Waals surface area contributed by atoms with Crippen LogP contribution in [0.25, 0.3) is 0 Å². The van der Waals surface area contributed by atoms with Crippen molar-refractivity contribution in [2.45, 2.75) is 38.6 Å². The molecule has 0 N–H and O–H groups in total. The highest BCUT2D eigenvalue weighted by Crippen LogP contribution is 2.30. The molecule has 1 aromatic heterocycles. The topological polar surface area (TPSA) is 69.4 Å². The van der Waals surface area contributed by atoms with Crippen LogP contribution >= 0.6 is 0 Å². The molecule has 2 heterocycles. The summed E-state index contributed by atoms with van der Waals surface area (Å²) in [4.78, 5) is 27.8. The van der Waals surface area contributed by atoms with E-state index in [1.54, 1.807) is 17.7 Å². The van der Waals surface area contributed by atoms with E-state index in [-0.39, 0.29) is 23.6 Å². The van der Waals surface area contributed by atoms with Gasteiger partial charge in [0.05, 0.1) is 5.56 Å². The summed E-state index contributed by atoms with van der Waals surface area (Å²) in [6, 6.07) is 16.8. The molecule has 4 rings (SSSR count). The third-order valence-corrected chi connectivity index (χ3v) is 5.66. The number of hydrogen-bond acceptors (Lipinski definition) is 4. The lowest BCUT2D eigenvalue weighted by atomic mass is 9.96. The quantitative estimate of drug-likeness (QED) is 0.626. The van der Waals surface area contributed by atoms with Crippen molar-refractivity contribution < 1.29 is 9.53 Å². The maximum atomic E-state index is 13.4. The zero-order chi connectivity index (χ0) is 22.0. The number of carbonyl (C=O) groups excluding carboxylic acids is 1. The van der Waals surface area contributed by atoms with Gasteiger partial charge in [-0.25, -0.2) is 9.48 Å². The minimum absolute atomic E-state index is 0.0160. The first-order chi connectivity index (χ1) is 15.0. The molecular formula is C24H28N4O3. The van der Waals surface area contributed by atoms with Crippen molar-refractivity contribution in [2.75, 3.05) is 13.1 Å². The van der Waals surface area contributed by atoms with Gasteiger partial charge in [-0.15, -0.1) is 0 Å². The van der Waals surface area contributed by atoms with E-state index >= 15 is 0 Å². The van der Waals surface area contributed by atoms with Crippen molar-refractivity contribution in [3.8, 4) is 11.5 Å². The van der Waals surface area contributed by atoms with Crippen molar-refractivity contribution in [1.29, 1.82) is 0 Å². The van der Waals surface area contributed by atoms with Gasteiger partial charge < -0.3 is 9.64 Å². The maximum Gasteiger partial charge on any atom is 0.345 e. The molecule has 31 heavy (non-hydrogen) atoms. The summed E-state index contributed by atoms with van der Waals surface area (Å²) in [5, 5.41) is 4.50. The molecule has 7 nitrogen and oxygen atoms in total. The van der Waals surface area contributed by atoms with Gasteiger partial charge in [-0.3, -0.25) is 9.36 Å². The molecule has 7 heteroatoms. The number of aromatic nitrogens is 3. The molecule has 0 bridgehead atoms. The molecule has 1 unspecified atom stereocenters. The van der Waals surface area contributed by atoms with E-state index < -0.39 is 0 Å². The van der Waals surface area contributed by atoms with Crippen LogP contribution in [0.15, 0.2) is 59.4 Å². The molecule has 1 fully saturated rings. The normalized spacial score (nSPS) is 16.5. The van der Waals surface area contributed by atoms with Gasteiger partial charge in [-0.05, 0) is 51.0 Å². The van der Waals surface area contributed by atoms with E-state index in [2.05, 4.69) is 5.10 Å². The Morgan fingerprint density at radius 2 is 1.81 bits per heavy atom. The largest absolute Gasteiger partial charge is 0.457 e. The zero-order valence-electron chi connectivity index (χ0n) is 18.2. The fraction of sp³-hybridized carbons (Fsp3) is 0.375. The van der Waals surface area contributed by atoms with Gasteiger partial charge in [-0.2, -0.15) is 5.10 Å². The Labute approximate surface area is 181 Å². The van der Waals surface area contributed by atoms with Crippen molar-refractivity contribution in [3.63, 3.8) is 0 Å². The van der Waals surface area contributed by atoms with Gasteiger partial charge in [0.2, 0.25) is 0 Å². The Morgan fingerprint density at radius 1 is 1.10 bits per heavy atom. The van der Waals surface area contributed by atoms with Crippen LogP contribution in [0.5, 0.6) is 11.5 Å². The summed E-state index contributed by atoms with van der Waals surface area (Å²) in [5.74, 6) is 1.95. The number of piperidine rings is 1. The molecule has 0 aliphatic carbocycles. The summed E-state index contributed by atoms with van der Waals surface area (Å²) in [6.07, 6.45) is 1.76. The standard InChI is InChI=1S/C24H28N4O3/c1-17(2)28-22(25-26(3)24(28)30)18-10-9-15-27(16-18)23(29)20-13-7-8-14-21(20)31-19-11-5-4-6-12-19/h4-8,11-14,17-18H,9-10,15-16H2,1-3H3. The van der Waals surface area contributed by atoms with E-state index in [4.69, 9.17) is 4.74 Å². The smallest absolute Gasteiger partial charge is 0.345 e. The number of ether oxygens (including phenoxy) is 1. The lowest BCUT2D eigenvalue weighted by Gasteiger charge is -2.33. The van der Waals surface area contributed by atoms with Crippen LogP contribution in [0.3, 0.4) is 0 Å². The van der Waals surface area contributed by atoms with Gasteiger partial charge in [0.1, 0.15) is 17.3 Å². The van der Waals surface area contributed by atoms with E-state index in [0.717, 1.165) is 18.7 Å². The van der Waals surface area contributed by atoms with Gasteiger partial charge in [0, 0.05) is 32.1 Å². The molecule has 0 saturated carbocycles. The Morgan fingerprint density at radius 3 is 2.55 bits per heavy atom. The summed E-state index contributed by atoms with van der Waals surface area (Å²) in [5.41, 5.74) is 0.421. The highest BCUT2D eigenvalue weighted by atomic mass is 16.5. The third-order valence-electron chi connectivity index (χ3n) is 5.66. The molecule has 1 atom stereocenters. The first kappa shape index (κ1) is 20.9. The van der Waals surface area contributed by atoms with Crippen LogP contribution in [0, 0.1) is 0 Å². The molecule has 0 spiro atoms. The zero-order valence-corrected chi connectivity index (χ0v) is 18.2. The van der Waals surface area contributed by atoms with Crippen LogP contribution in [0.1, 0.15) is 54.8 Å². The minimum Gasteiger partial charge on any atom is -0.457 e. The van der Waals surface area contributed by atoms with Crippen molar-refractivity contribution in [1.82, 2.24) is 19.2 Å². The number of likely N-dealkylation sites (tertiary alicyclic amines) is 1. The second-order valence-electron chi connectivity index (χ2n) is 8.23. The lowest BCUT2D eigenvalue weighted by Crippen LogP contribution is -2.40. The first-order valence-electron chi connectivity index (χ1n) is 10.7. The number of hydrogen-bond donors (Lipinski definition) is 0. The second-order valence-corrected chi connectivity index (χ2v) is 8.23. The maximum absolute atomic E-state index is 13.4. The summed E-state index contributed by atoms with van der Waals surface area (Å²) < 4.78 is 9.12. The Kier molecular flexibility index (Phi) is 5.93. The Bertz CT molecular complexity index is 1120. The highest BCUT2D eigenvalue weighted by Gasteiger charge is 2.31. The summed E-state index contributed by atoms with van der Waals surface area (Å²) in [6.45, 7) is 5.17. The molecule has 1 aliphatic rings. The van der Waals surface area contributed by atoms with E-state index in [0.29, 0.717) is 30.2 Å². The van der Waals surface area contributed by atoms with E-state index in [9.17, 15) is 9.59 Å². The number of aryl methyl sites for hydroxylation is 1. The van der Waals surface area contributed by atoms with Crippen LogP contribution < -0.4 is 10.4 Å². The monoisotopic (exact) mass is 420 g/mol. The summed E-state index contributed by atoms with van der Waals surface area (Å²) in [7, 11) is 1.67. The Hall–Kier alpha value is -3.35. The molecule has 1 saturated heterocycles. The fourth-order valence-electron chi connectivity index (χ4n) is 4.15. The van der Waals surface area contributed by atoms with Crippen LogP contribution in [-0.4, -0.2) is 38.2 Å². The van der Waals surface area contributed by atoms with Crippen LogP contribution in [0.2, 0.25) is 0 Å². The molecular weight excluding hydrogens is 392 g/mol. The average molecular weight is 421 g/mol.